The third-order valence-corrected chi connectivity index (χ3v) is 2.62. The van der Waals surface area contributed by atoms with E-state index in [2.05, 4.69) is 15.6 Å². The molecule has 2 aromatic rings. The summed E-state index contributed by atoms with van der Waals surface area (Å²) in [5.74, 6) is 0.0378. The van der Waals surface area contributed by atoms with E-state index in [9.17, 15) is 9.18 Å². The second-order valence-electron chi connectivity index (χ2n) is 4.41. The van der Waals surface area contributed by atoms with Crippen molar-refractivity contribution in [2.24, 2.45) is 0 Å². The summed E-state index contributed by atoms with van der Waals surface area (Å²) in [5, 5.41) is 4.93. The number of hydrogen-bond acceptors (Lipinski definition) is 3. The number of rotatable bonds is 5. The van der Waals surface area contributed by atoms with Gasteiger partial charge in [0.2, 0.25) is 0 Å². The van der Waals surface area contributed by atoms with Crippen molar-refractivity contribution in [3.63, 3.8) is 0 Å². The molecule has 5 nitrogen and oxygen atoms in total. The van der Waals surface area contributed by atoms with Gasteiger partial charge in [-0.15, -0.1) is 0 Å². The highest BCUT2D eigenvalue weighted by Gasteiger charge is 2.09. The predicted molar refractivity (Wildman–Crippen MR) is 77.7 cm³/mol. The summed E-state index contributed by atoms with van der Waals surface area (Å²) in [4.78, 5) is 15.4. The molecule has 0 saturated heterocycles. The van der Waals surface area contributed by atoms with E-state index in [1.165, 1.54) is 18.3 Å². The number of carbonyl (C=O) groups is 1. The fourth-order valence-electron chi connectivity index (χ4n) is 1.64. The fraction of sp³-hybridized carbons (Fsp3) is 0.200. The molecule has 0 spiro atoms. The molecule has 0 aliphatic carbocycles. The van der Waals surface area contributed by atoms with Gasteiger partial charge in [0.1, 0.15) is 11.9 Å². The summed E-state index contributed by atoms with van der Waals surface area (Å²) in [6.45, 7) is 2.11. The van der Waals surface area contributed by atoms with Crippen molar-refractivity contribution in [1.29, 1.82) is 0 Å². The van der Waals surface area contributed by atoms with E-state index in [4.69, 9.17) is 4.74 Å². The van der Waals surface area contributed by atoms with Crippen molar-refractivity contribution in [3.8, 4) is 5.75 Å². The van der Waals surface area contributed by atoms with Gasteiger partial charge in [0, 0.05) is 6.20 Å². The highest BCUT2D eigenvalue weighted by molar-refractivity contribution is 5.88. The van der Waals surface area contributed by atoms with E-state index in [1.54, 1.807) is 0 Å². The Bertz CT molecular complexity index is 592. The lowest BCUT2D eigenvalue weighted by atomic mass is 10.3. The maximum Gasteiger partial charge on any atom is 0.320 e. The number of urea groups is 1. The zero-order valence-corrected chi connectivity index (χ0v) is 11.5. The number of hydrogen-bond donors (Lipinski definition) is 2. The lowest BCUT2D eigenvalue weighted by molar-refractivity contribution is 0.212. The van der Waals surface area contributed by atoms with Crippen LogP contribution in [-0.4, -0.2) is 23.7 Å². The van der Waals surface area contributed by atoms with Crippen LogP contribution >= 0.6 is 0 Å². The lowest BCUT2D eigenvalue weighted by Gasteiger charge is -2.15. The maximum atomic E-state index is 13.3. The SMILES string of the molecule is C[C@@H](CNC(=O)Nc1ncccc1F)Oc1ccccc1. The van der Waals surface area contributed by atoms with Gasteiger partial charge in [-0.3, -0.25) is 5.32 Å². The van der Waals surface area contributed by atoms with Crippen molar-refractivity contribution >= 4 is 11.8 Å². The zero-order valence-electron chi connectivity index (χ0n) is 11.5. The van der Waals surface area contributed by atoms with Crippen LogP contribution in [0.2, 0.25) is 0 Å². The number of anilines is 1. The Morgan fingerprint density at radius 3 is 2.76 bits per heavy atom. The molecule has 0 bridgehead atoms. The van der Waals surface area contributed by atoms with Gasteiger partial charge in [0.15, 0.2) is 11.6 Å². The van der Waals surface area contributed by atoms with Crippen molar-refractivity contribution in [2.45, 2.75) is 13.0 Å². The number of nitrogens with zero attached hydrogens (tertiary/aromatic N) is 1. The van der Waals surface area contributed by atoms with Crippen molar-refractivity contribution in [3.05, 3.63) is 54.5 Å². The van der Waals surface area contributed by atoms with Gasteiger partial charge in [0.05, 0.1) is 6.54 Å². The third kappa shape index (κ3) is 4.76. The summed E-state index contributed by atoms with van der Waals surface area (Å²) in [7, 11) is 0. The van der Waals surface area contributed by atoms with Crippen LogP contribution in [0, 0.1) is 5.82 Å². The zero-order chi connectivity index (χ0) is 15.1. The summed E-state index contributed by atoms with van der Waals surface area (Å²) < 4.78 is 18.9. The molecule has 0 radical (unpaired) electrons. The van der Waals surface area contributed by atoms with Gasteiger partial charge in [-0.25, -0.2) is 14.2 Å². The Morgan fingerprint density at radius 2 is 2.05 bits per heavy atom. The smallest absolute Gasteiger partial charge is 0.320 e. The van der Waals surface area contributed by atoms with Gasteiger partial charge in [-0.05, 0) is 31.2 Å². The topological polar surface area (TPSA) is 63.2 Å². The number of carbonyl (C=O) groups excluding carboxylic acids is 1. The van der Waals surface area contributed by atoms with Crippen LogP contribution in [0.15, 0.2) is 48.7 Å². The second kappa shape index (κ2) is 7.23. The largest absolute Gasteiger partial charge is 0.489 e. The summed E-state index contributed by atoms with van der Waals surface area (Å²) in [6.07, 6.45) is 1.19. The molecule has 2 amide bonds. The average Bonchev–Trinajstić information content (AvgIpc) is 2.49. The molecule has 6 heteroatoms. The Labute approximate surface area is 122 Å². The van der Waals surface area contributed by atoms with Crippen LogP contribution in [-0.2, 0) is 0 Å². The molecule has 110 valence electrons. The van der Waals surface area contributed by atoms with Crippen LogP contribution in [0.1, 0.15) is 6.92 Å². The molecule has 21 heavy (non-hydrogen) atoms. The normalized spacial score (nSPS) is 11.5. The number of benzene rings is 1. The minimum Gasteiger partial charge on any atom is -0.489 e. The minimum absolute atomic E-state index is 0.105. The summed E-state index contributed by atoms with van der Waals surface area (Å²) >= 11 is 0. The Kier molecular flexibility index (Phi) is 5.09. The highest BCUT2D eigenvalue weighted by atomic mass is 19.1. The molecule has 1 aromatic carbocycles. The van der Waals surface area contributed by atoms with Crippen LogP contribution < -0.4 is 15.4 Å². The van der Waals surface area contributed by atoms with Crippen molar-refractivity contribution < 1.29 is 13.9 Å². The first kappa shape index (κ1) is 14.8. The van der Waals surface area contributed by atoms with Crippen LogP contribution in [0.3, 0.4) is 0 Å². The molecule has 1 atom stereocenters. The van der Waals surface area contributed by atoms with Gasteiger partial charge >= 0.3 is 6.03 Å². The van der Waals surface area contributed by atoms with E-state index >= 15 is 0 Å². The quantitative estimate of drug-likeness (QED) is 0.889. The van der Waals surface area contributed by atoms with Crippen molar-refractivity contribution in [2.75, 3.05) is 11.9 Å². The van der Waals surface area contributed by atoms with Gasteiger partial charge < -0.3 is 10.1 Å². The standard InChI is InChI=1S/C15H16FN3O2/c1-11(21-12-6-3-2-4-7-12)10-18-15(20)19-14-13(16)8-5-9-17-14/h2-9,11H,10H2,1H3,(H2,17,18,19,20)/t11-/m0/s1. The number of ether oxygens (including phenoxy) is 1. The molecular weight excluding hydrogens is 273 g/mol. The molecule has 2 N–H and O–H groups in total. The number of pyridine rings is 1. The summed E-state index contributed by atoms with van der Waals surface area (Å²) in [5.41, 5.74) is 0. The first-order valence-electron chi connectivity index (χ1n) is 6.52. The molecule has 1 heterocycles. The van der Waals surface area contributed by atoms with Crippen LogP contribution in [0.25, 0.3) is 0 Å². The molecule has 0 fully saturated rings. The van der Waals surface area contributed by atoms with E-state index in [0.29, 0.717) is 0 Å². The number of amides is 2. The molecule has 0 aliphatic rings. The fourth-order valence-corrected chi connectivity index (χ4v) is 1.64. The Morgan fingerprint density at radius 1 is 1.29 bits per heavy atom. The van der Waals surface area contributed by atoms with Gasteiger partial charge in [0.25, 0.3) is 0 Å². The van der Waals surface area contributed by atoms with E-state index in [-0.39, 0.29) is 18.5 Å². The molecular formula is C15H16FN3O2. The summed E-state index contributed by atoms with van der Waals surface area (Å²) in [6, 6.07) is 11.4. The predicted octanol–water partition coefficient (Wildman–Crippen LogP) is 2.81. The van der Waals surface area contributed by atoms with E-state index in [1.807, 2.05) is 37.3 Å². The number of aromatic nitrogens is 1. The lowest BCUT2D eigenvalue weighted by Crippen LogP contribution is -2.36. The van der Waals surface area contributed by atoms with E-state index in [0.717, 1.165) is 5.75 Å². The van der Waals surface area contributed by atoms with E-state index < -0.39 is 11.8 Å². The Balaban J connectivity index is 1.77. The first-order chi connectivity index (χ1) is 10.1. The monoisotopic (exact) mass is 289 g/mol. The Hall–Kier alpha value is -2.63. The number of nitrogens with one attached hydrogen (secondary N) is 2. The van der Waals surface area contributed by atoms with Crippen LogP contribution in [0.5, 0.6) is 5.75 Å². The second-order valence-corrected chi connectivity index (χ2v) is 4.41. The average molecular weight is 289 g/mol. The number of halogens is 1. The van der Waals surface area contributed by atoms with Crippen molar-refractivity contribution in [1.82, 2.24) is 10.3 Å². The molecule has 0 aliphatic heterocycles. The third-order valence-electron chi connectivity index (χ3n) is 2.62. The maximum absolute atomic E-state index is 13.3. The molecule has 0 unspecified atom stereocenters. The number of para-hydroxylation sites is 1. The minimum atomic E-state index is -0.582. The molecule has 1 aromatic heterocycles. The van der Waals surface area contributed by atoms with Gasteiger partial charge in [-0.2, -0.15) is 0 Å². The van der Waals surface area contributed by atoms with Crippen LogP contribution in [0.4, 0.5) is 15.0 Å². The molecule has 2 rings (SSSR count). The van der Waals surface area contributed by atoms with Gasteiger partial charge in [-0.1, -0.05) is 18.2 Å². The highest BCUT2D eigenvalue weighted by Crippen LogP contribution is 2.10. The molecule has 0 saturated carbocycles. The first-order valence-corrected chi connectivity index (χ1v) is 6.52.